The summed E-state index contributed by atoms with van der Waals surface area (Å²) < 4.78 is 11.1. The Balaban J connectivity index is 2.52. The molecule has 3 N–H and O–H groups in total. The lowest BCUT2D eigenvalue weighted by Gasteiger charge is -2.26. The SMILES string of the molecule is CC1(C)CC(CN)(OCCO)CO1. The van der Waals surface area contributed by atoms with Crippen molar-refractivity contribution in [3.05, 3.63) is 0 Å². The van der Waals surface area contributed by atoms with E-state index >= 15 is 0 Å². The molecule has 0 saturated carbocycles. The Labute approximate surface area is 79.0 Å². The highest BCUT2D eigenvalue weighted by atomic mass is 16.6. The van der Waals surface area contributed by atoms with Gasteiger partial charge in [0.1, 0.15) is 5.60 Å². The summed E-state index contributed by atoms with van der Waals surface area (Å²) in [5, 5.41) is 8.66. The van der Waals surface area contributed by atoms with E-state index in [1.807, 2.05) is 13.8 Å². The van der Waals surface area contributed by atoms with Crippen LogP contribution in [0.3, 0.4) is 0 Å². The second-order valence-electron chi connectivity index (χ2n) is 4.18. The van der Waals surface area contributed by atoms with Gasteiger partial charge in [-0.25, -0.2) is 0 Å². The Morgan fingerprint density at radius 3 is 2.62 bits per heavy atom. The van der Waals surface area contributed by atoms with Crippen LogP contribution in [0.25, 0.3) is 0 Å². The Bertz CT molecular complexity index is 172. The van der Waals surface area contributed by atoms with E-state index in [1.54, 1.807) is 0 Å². The lowest BCUT2D eigenvalue weighted by atomic mass is 9.93. The highest BCUT2D eigenvalue weighted by molar-refractivity contribution is 4.95. The normalized spacial score (nSPS) is 32.3. The summed E-state index contributed by atoms with van der Waals surface area (Å²) in [6.45, 7) is 5.37. The van der Waals surface area contributed by atoms with Crippen molar-refractivity contribution in [3.8, 4) is 0 Å². The third-order valence-corrected chi connectivity index (χ3v) is 2.35. The molecule has 0 amide bonds. The monoisotopic (exact) mass is 189 g/mol. The minimum Gasteiger partial charge on any atom is -0.394 e. The molecule has 13 heavy (non-hydrogen) atoms. The fraction of sp³-hybridized carbons (Fsp3) is 1.00. The molecule has 1 unspecified atom stereocenters. The second kappa shape index (κ2) is 3.92. The first-order valence-electron chi connectivity index (χ1n) is 4.62. The number of nitrogens with two attached hydrogens (primary N) is 1. The van der Waals surface area contributed by atoms with Gasteiger partial charge in [-0.15, -0.1) is 0 Å². The summed E-state index contributed by atoms with van der Waals surface area (Å²) in [5.74, 6) is 0. The molecule has 1 rings (SSSR count). The zero-order chi connectivity index (χ0) is 9.95. The molecule has 1 saturated heterocycles. The van der Waals surface area contributed by atoms with Crippen LogP contribution < -0.4 is 5.73 Å². The first-order valence-corrected chi connectivity index (χ1v) is 4.62. The largest absolute Gasteiger partial charge is 0.394 e. The van der Waals surface area contributed by atoms with E-state index in [-0.39, 0.29) is 17.8 Å². The summed E-state index contributed by atoms with van der Waals surface area (Å²) in [4.78, 5) is 0. The third kappa shape index (κ3) is 2.64. The maximum absolute atomic E-state index is 8.66. The van der Waals surface area contributed by atoms with Crippen LogP contribution in [0.1, 0.15) is 20.3 Å². The highest BCUT2D eigenvalue weighted by Crippen LogP contribution is 2.34. The lowest BCUT2D eigenvalue weighted by molar-refractivity contribution is -0.0562. The zero-order valence-corrected chi connectivity index (χ0v) is 8.38. The van der Waals surface area contributed by atoms with Crippen LogP contribution in [0.4, 0.5) is 0 Å². The first kappa shape index (κ1) is 10.9. The van der Waals surface area contributed by atoms with Gasteiger partial charge in [0.15, 0.2) is 0 Å². The molecule has 1 aliphatic heterocycles. The fourth-order valence-electron chi connectivity index (χ4n) is 1.75. The van der Waals surface area contributed by atoms with E-state index in [0.717, 1.165) is 6.42 Å². The molecule has 4 nitrogen and oxygen atoms in total. The van der Waals surface area contributed by atoms with Crippen molar-refractivity contribution < 1.29 is 14.6 Å². The summed E-state index contributed by atoms with van der Waals surface area (Å²) in [6, 6.07) is 0. The molecule has 0 bridgehead atoms. The van der Waals surface area contributed by atoms with Gasteiger partial charge < -0.3 is 20.3 Å². The van der Waals surface area contributed by atoms with E-state index in [4.69, 9.17) is 20.3 Å². The third-order valence-electron chi connectivity index (χ3n) is 2.35. The summed E-state index contributed by atoms with van der Waals surface area (Å²) >= 11 is 0. The van der Waals surface area contributed by atoms with Gasteiger partial charge in [0.05, 0.1) is 25.4 Å². The average molecular weight is 189 g/mol. The molecule has 4 heteroatoms. The molecule has 0 spiro atoms. The summed E-state index contributed by atoms with van der Waals surface area (Å²) in [7, 11) is 0. The van der Waals surface area contributed by atoms with E-state index in [9.17, 15) is 0 Å². The molecule has 1 fully saturated rings. The Hall–Kier alpha value is -0.160. The fourth-order valence-corrected chi connectivity index (χ4v) is 1.75. The van der Waals surface area contributed by atoms with Crippen molar-refractivity contribution in [2.75, 3.05) is 26.4 Å². The van der Waals surface area contributed by atoms with Crippen LogP contribution in [-0.4, -0.2) is 42.7 Å². The average Bonchev–Trinajstić information content (AvgIpc) is 2.40. The first-order chi connectivity index (χ1) is 6.04. The van der Waals surface area contributed by atoms with Crippen LogP contribution in [0.5, 0.6) is 0 Å². The van der Waals surface area contributed by atoms with Gasteiger partial charge in [0.2, 0.25) is 0 Å². The molecule has 1 aliphatic rings. The standard InChI is InChI=1S/C9H19NO3/c1-8(2)5-9(6-10,7-13-8)12-4-3-11/h11H,3-7,10H2,1-2H3. The quantitative estimate of drug-likeness (QED) is 0.647. The molecule has 0 radical (unpaired) electrons. The van der Waals surface area contributed by atoms with Gasteiger partial charge in [-0.1, -0.05) is 0 Å². The molecule has 0 aromatic rings. The van der Waals surface area contributed by atoms with Gasteiger partial charge in [-0.2, -0.15) is 0 Å². The number of aliphatic hydroxyl groups is 1. The van der Waals surface area contributed by atoms with Crippen LogP contribution in [0.15, 0.2) is 0 Å². The van der Waals surface area contributed by atoms with Gasteiger partial charge in [-0.05, 0) is 13.8 Å². The van der Waals surface area contributed by atoms with Crippen LogP contribution in [0, 0.1) is 0 Å². The number of aliphatic hydroxyl groups excluding tert-OH is 1. The predicted octanol–water partition coefficient (Wildman–Crippen LogP) is -0.108. The van der Waals surface area contributed by atoms with E-state index < -0.39 is 0 Å². The smallest absolute Gasteiger partial charge is 0.106 e. The van der Waals surface area contributed by atoms with Crippen molar-refractivity contribution in [1.29, 1.82) is 0 Å². The number of rotatable bonds is 4. The van der Waals surface area contributed by atoms with E-state index in [1.165, 1.54) is 0 Å². The second-order valence-corrected chi connectivity index (χ2v) is 4.18. The predicted molar refractivity (Wildman–Crippen MR) is 49.5 cm³/mol. The molecular weight excluding hydrogens is 170 g/mol. The maximum atomic E-state index is 8.66. The van der Waals surface area contributed by atoms with Crippen LogP contribution in [-0.2, 0) is 9.47 Å². The Kier molecular flexibility index (Phi) is 3.29. The number of hydrogen-bond donors (Lipinski definition) is 2. The van der Waals surface area contributed by atoms with Crippen molar-refractivity contribution >= 4 is 0 Å². The maximum Gasteiger partial charge on any atom is 0.106 e. The molecule has 0 aromatic carbocycles. The zero-order valence-electron chi connectivity index (χ0n) is 8.38. The lowest BCUT2D eigenvalue weighted by Crippen LogP contribution is -2.43. The van der Waals surface area contributed by atoms with E-state index in [0.29, 0.717) is 19.8 Å². The van der Waals surface area contributed by atoms with Crippen molar-refractivity contribution in [2.45, 2.75) is 31.5 Å². The molecule has 1 atom stereocenters. The van der Waals surface area contributed by atoms with Gasteiger partial charge in [0.25, 0.3) is 0 Å². The molecule has 0 aromatic heterocycles. The van der Waals surface area contributed by atoms with Gasteiger partial charge >= 0.3 is 0 Å². The number of ether oxygens (including phenoxy) is 2. The summed E-state index contributed by atoms with van der Waals surface area (Å²) in [6.07, 6.45) is 0.788. The summed E-state index contributed by atoms with van der Waals surface area (Å²) in [5.41, 5.74) is 5.10. The van der Waals surface area contributed by atoms with Crippen molar-refractivity contribution in [1.82, 2.24) is 0 Å². The van der Waals surface area contributed by atoms with E-state index in [2.05, 4.69) is 0 Å². The van der Waals surface area contributed by atoms with Crippen molar-refractivity contribution in [2.24, 2.45) is 5.73 Å². The van der Waals surface area contributed by atoms with Gasteiger partial charge in [0, 0.05) is 13.0 Å². The van der Waals surface area contributed by atoms with Gasteiger partial charge in [-0.3, -0.25) is 0 Å². The van der Waals surface area contributed by atoms with Crippen LogP contribution >= 0.6 is 0 Å². The Morgan fingerprint density at radius 1 is 1.54 bits per heavy atom. The minimum absolute atomic E-state index is 0.0299. The molecule has 0 aliphatic carbocycles. The highest BCUT2D eigenvalue weighted by Gasteiger charge is 2.44. The van der Waals surface area contributed by atoms with Crippen molar-refractivity contribution in [3.63, 3.8) is 0 Å². The molecule has 78 valence electrons. The molecular formula is C9H19NO3. The topological polar surface area (TPSA) is 64.7 Å². The molecule has 1 heterocycles. The number of hydrogen-bond acceptors (Lipinski definition) is 4. The van der Waals surface area contributed by atoms with Crippen LogP contribution in [0.2, 0.25) is 0 Å². The minimum atomic E-state index is -0.383. The Morgan fingerprint density at radius 2 is 2.23 bits per heavy atom.